The first-order valence-electron chi connectivity index (χ1n) is 11.6. The molecule has 6 nitrogen and oxygen atoms in total. The SMILES string of the molecule is O=C1CC2(CCN(CCCN3CC(C(=O)C(F)(F)F)c4cccnc43)CC2)Oc2ccccc21. The molecule has 1 spiro atoms. The Hall–Kier alpha value is -2.94. The van der Waals surface area contributed by atoms with Crippen LogP contribution in [0.2, 0.25) is 0 Å². The number of ether oxygens (including phenoxy) is 1. The Kier molecular flexibility index (Phi) is 5.83. The number of hydrogen-bond donors (Lipinski definition) is 0. The average molecular weight is 473 g/mol. The van der Waals surface area contributed by atoms with Crippen LogP contribution in [0.1, 0.15) is 47.5 Å². The fourth-order valence-corrected chi connectivity index (χ4v) is 5.36. The van der Waals surface area contributed by atoms with Gasteiger partial charge >= 0.3 is 6.18 Å². The zero-order valence-electron chi connectivity index (χ0n) is 18.7. The van der Waals surface area contributed by atoms with Crippen molar-refractivity contribution in [1.82, 2.24) is 9.88 Å². The van der Waals surface area contributed by atoms with E-state index >= 15 is 0 Å². The highest BCUT2D eigenvalue weighted by atomic mass is 19.4. The predicted molar refractivity (Wildman–Crippen MR) is 119 cm³/mol. The van der Waals surface area contributed by atoms with Gasteiger partial charge in [-0.25, -0.2) is 4.98 Å². The Labute approximate surface area is 195 Å². The number of carbonyl (C=O) groups excluding carboxylic acids is 2. The number of piperidine rings is 1. The van der Waals surface area contributed by atoms with Gasteiger partial charge in [-0.1, -0.05) is 18.2 Å². The van der Waals surface area contributed by atoms with E-state index in [0.29, 0.717) is 35.7 Å². The van der Waals surface area contributed by atoms with Crippen molar-refractivity contribution < 1.29 is 27.5 Å². The van der Waals surface area contributed by atoms with Gasteiger partial charge in [0.15, 0.2) is 5.78 Å². The second kappa shape index (κ2) is 8.69. The third-order valence-electron chi connectivity index (χ3n) is 7.16. The van der Waals surface area contributed by atoms with Crippen molar-refractivity contribution >= 4 is 17.4 Å². The lowest BCUT2D eigenvalue weighted by Gasteiger charge is -2.44. The zero-order chi connectivity index (χ0) is 23.9. The molecule has 2 aromatic rings. The first-order valence-corrected chi connectivity index (χ1v) is 11.6. The number of alkyl halides is 3. The van der Waals surface area contributed by atoms with Crippen LogP contribution >= 0.6 is 0 Å². The molecule has 1 aromatic carbocycles. The van der Waals surface area contributed by atoms with E-state index in [-0.39, 0.29) is 12.3 Å². The van der Waals surface area contributed by atoms with Gasteiger partial charge in [0.05, 0.1) is 17.9 Å². The molecule has 1 saturated heterocycles. The summed E-state index contributed by atoms with van der Waals surface area (Å²) in [5, 5.41) is 0. The lowest BCUT2D eigenvalue weighted by Crippen LogP contribution is -2.51. The van der Waals surface area contributed by atoms with Gasteiger partial charge in [0, 0.05) is 50.8 Å². The second-order valence-electron chi connectivity index (χ2n) is 9.35. The average Bonchev–Trinajstić information content (AvgIpc) is 3.18. The Morgan fingerprint density at radius 2 is 1.88 bits per heavy atom. The Bertz CT molecular complexity index is 1100. The summed E-state index contributed by atoms with van der Waals surface area (Å²) in [6.07, 6.45) is -0.686. The first-order chi connectivity index (χ1) is 16.3. The summed E-state index contributed by atoms with van der Waals surface area (Å²) in [5.74, 6) is -1.68. The highest BCUT2D eigenvalue weighted by Crippen LogP contribution is 2.40. The van der Waals surface area contributed by atoms with E-state index in [1.807, 2.05) is 18.2 Å². The maximum absolute atomic E-state index is 13.0. The Balaban J connectivity index is 1.15. The molecule has 0 amide bonds. The summed E-state index contributed by atoms with van der Waals surface area (Å²) in [4.78, 5) is 32.9. The van der Waals surface area contributed by atoms with Crippen molar-refractivity contribution in [3.63, 3.8) is 0 Å². The van der Waals surface area contributed by atoms with E-state index in [0.717, 1.165) is 38.9 Å². The maximum Gasteiger partial charge on any atom is 0.450 e. The summed E-state index contributed by atoms with van der Waals surface area (Å²) in [6.45, 7) is 2.88. The number of nitrogens with zero attached hydrogens (tertiary/aromatic N) is 3. The number of hydrogen-bond acceptors (Lipinski definition) is 6. The third kappa shape index (κ3) is 4.29. The van der Waals surface area contributed by atoms with Gasteiger partial charge in [-0.2, -0.15) is 13.2 Å². The molecule has 0 saturated carbocycles. The molecule has 1 unspecified atom stereocenters. The zero-order valence-corrected chi connectivity index (χ0v) is 18.7. The van der Waals surface area contributed by atoms with Gasteiger partial charge in [-0.3, -0.25) is 9.59 Å². The molecule has 3 aliphatic rings. The minimum absolute atomic E-state index is 0.00314. The van der Waals surface area contributed by atoms with E-state index < -0.39 is 23.5 Å². The highest BCUT2D eigenvalue weighted by molar-refractivity contribution is 6.00. The number of benzene rings is 1. The largest absolute Gasteiger partial charge is 0.486 e. The van der Waals surface area contributed by atoms with Gasteiger partial charge < -0.3 is 14.5 Å². The third-order valence-corrected chi connectivity index (χ3v) is 7.16. The Morgan fingerprint density at radius 1 is 1.12 bits per heavy atom. The van der Waals surface area contributed by atoms with Crippen LogP contribution in [-0.4, -0.2) is 66.0 Å². The quantitative estimate of drug-likeness (QED) is 0.654. The number of anilines is 1. The molecule has 1 fully saturated rings. The summed E-state index contributed by atoms with van der Waals surface area (Å²) < 4.78 is 45.4. The summed E-state index contributed by atoms with van der Waals surface area (Å²) in [7, 11) is 0. The summed E-state index contributed by atoms with van der Waals surface area (Å²) in [6, 6.07) is 10.5. The fourth-order valence-electron chi connectivity index (χ4n) is 5.36. The minimum atomic E-state index is -4.86. The van der Waals surface area contributed by atoms with Gasteiger partial charge in [-0.15, -0.1) is 0 Å². The number of ketones is 2. The number of Topliss-reactive ketones (excluding diaryl/α,β-unsaturated/α-hetero) is 2. The van der Waals surface area contributed by atoms with E-state index in [1.165, 1.54) is 0 Å². The summed E-state index contributed by atoms with van der Waals surface area (Å²) >= 11 is 0. The van der Waals surface area contributed by atoms with Crippen molar-refractivity contribution in [2.24, 2.45) is 0 Å². The number of rotatable bonds is 5. The van der Waals surface area contributed by atoms with Crippen molar-refractivity contribution in [2.75, 3.05) is 37.6 Å². The van der Waals surface area contributed by atoms with E-state index in [2.05, 4.69) is 9.88 Å². The van der Waals surface area contributed by atoms with Crippen LogP contribution < -0.4 is 9.64 Å². The number of aromatic nitrogens is 1. The molecular formula is C25H26F3N3O3. The van der Waals surface area contributed by atoms with Crippen LogP contribution in [0.15, 0.2) is 42.6 Å². The van der Waals surface area contributed by atoms with Gasteiger partial charge in [0.25, 0.3) is 0 Å². The van der Waals surface area contributed by atoms with Crippen LogP contribution in [-0.2, 0) is 4.79 Å². The van der Waals surface area contributed by atoms with Crippen LogP contribution in [0, 0.1) is 0 Å². The normalized spacial score (nSPS) is 21.8. The molecule has 0 bridgehead atoms. The molecule has 1 aromatic heterocycles. The highest BCUT2D eigenvalue weighted by Gasteiger charge is 2.48. The Morgan fingerprint density at radius 3 is 2.65 bits per heavy atom. The van der Waals surface area contributed by atoms with Crippen molar-refractivity contribution in [3.05, 3.63) is 53.7 Å². The molecule has 34 heavy (non-hydrogen) atoms. The predicted octanol–water partition coefficient (Wildman–Crippen LogP) is 4.01. The monoisotopic (exact) mass is 473 g/mol. The second-order valence-corrected chi connectivity index (χ2v) is 9.35. The number of halogens is 3. The molecule has 180 valence electrons. The molecule has 0 N–H and O–H groups in total. The van der Waals surface area contributed by atoms with E-state index in [1.54, 1.807) is 29.3 Å². The van der Waals surface area contributed by atoms with Crippen LogP contribution in [0.5, 0.6) is 5.75 Å². The van der Waals surface area contributed by atoms with Crippen molar-refractivity contribution in [3.8, 4) is 5.75 Å². The lowest BCUT2D eigenvalue weighted by molar-refractivity contribution is -0.172. The molecule has 3 aliphatic heterocycles. The fraction of sp³-hybridized carbons (Fsp3) is 0.480. The molecule has 9 heteroatoms. The number of pyridine rings is 1. The molecule has 4 heterocycles. The number of fused-ring (bicyclic) bond motifs is 2. The number of para-hydroxylation sites is 1. The summed E-state index contributed by atoms with van der Waals surface area (Å²) in [5.41, 5.74) is 0.548. The molecule has 0 aliphatic carbocycles. The molecule has 1 atom stereocenters. The van der Waals surface area contributed by atoms with Gasteiger partial charge in [0.2, 0.25) is 5.78 Å². The molecule has 5 rings (SSSR count). The van der Waals surface area contributed by atoms with Crippen LogP contribution in [0.3, 0.4) is 0 Å². The van der Waals surface area contributed by atoms with Crippen molar-refractivity contribution in [2.45, 2.75) is 43.4 Å². The van der Waals surface area contributed by atoms with Gasteiger partial charge in [-0.05, 0) is 31.2 Å². The topological polar surface area (TPSA) is 62.7 Å². The maximum atomic E-state index is 13.0. The standard InChI is InChI=1S/C25H26F3N3O3/c26-25(27,28)22(33)19-16-31(23-17(19)6-3-10-29-23)12-4-11-30-13-8-24(9-14-30)15-20(32)18-5-1-2-7-21(18)34-24/h1-3,5-7,10,19H,4,8-9,11-16H2. The molecular weight excluding hydrogens is 447 g/mol. The van der Waals surface area contributed by atoms with Gasteiger partial charge in [0.1, 0.15) is 17.2 Å². The van der Waals surface area contributed by atoms with E-state index in [9.17, 15) is 22.8 Å². The van der Waals surface area contributed by atoms with Crippen LogP contribution in [0.25, 0.3) is 0 Å². The lowest BCUT2D eigenvalue weighted by atomic mass is 9.82. The van der Waals surface area contributed by atoms with E-state index in [4.69, 9.17) is 4.74 Å². The van der Waals surface area contributed by atoms with Crippen LogP contribution in [0.4, 0.5) is 19.0 Å². The van der Waals surface area contributed by atoms with Crippen molar-refractivity contribution in [1.29, 1.82) is 0 Å². The minimum Gasteiger partial charge on any atom is -0.486 e. The number of carbonyl (C=O) groups is 2. The number of likely N-dealkylation sites (tertiary alicyclic amines) is 1. The smallest absolute Gasteiger partial charge is 0.450 e. The first kappa shape index (κ1) is 22.8. The molecule has 0 radical (unpaired) electrons.